The Kier molecular flexibility index (Phi) is 2.63. The third-order valence-electron chi connectivity index (χ3n) is 3.21. The minimum absolute atomic E-state index is 0.169. The second-order valence-electron chi connectivity index (χ2n) is 4.48. The van der Waals surface area contributed by atoms with Crippen LogP contribution in [-0.2, 0) is 6.42 Å². The van der Waals surface area contributed by atoms with Gasteiger partial charge in [0.2, 0.25) is 0 Å². The summed E-state index contributed by atoms with van der Waals surface area (Å²) in [4.78, 5) is 0. The van der Waals surface area contributed by atoms with Gasteiger partial charge in [0.1, 0.15) is 11.4 Å². The molecule has 0 radical (unpaired) electrons. The maximum absolute atomic E-state index is 13.6. The first-order chi connectivity index (χ1) is 8.75. The van der Waals surface area contributed by atoms with Crippen molar-refractivity contribution in [1.29, 1.82) is 0 Å². The van der Waals surface area contributed by atoms with Crippen LogP contribution >= 0.6 is 0 Å². The number of para-hydroxylation sites is 1. The molecular weight excluding hydrogens is 227 g/mol. The molecule has 0 aliphatic rings. The average molecular weight is 240 g/mol. The number of halogens is 1. The Labute approximate surface area is 105 Å². The van der Waals surface area contributed by atoms with E-state index in [-0.39, 0.29) is 5.82 Å². The fourth-order valence-corrected chi connectivity index (χ4v) is 2.23. The zero-order valence-electron chi connectivity index (χ0n) is 10.1. The van der Waals surface area contributed by atoms with Crippen molar-refractivity contribution in [3.63, 3.8) is 0 Å². The van der Waals surface area contributed by atoms with Crippen LogP contribution in [0.1, 0.15) is 16.7 Å². The highest BCUT2D eigenvalue weighted by Crippen LogP contribution is 2.26. The smallest absolute Gasteiger partial charge is 0.137 e. The van der Waals surface area contributed by atoms with Gasteiger partial charge in [-0.25, -0.2) is 4.39 Å². The summed E-state index contributed by atoms with van der Waals surface area (Å²) in [5, 5.41) is 1.10. The number of aryl methyl sites for hydroxylation is 1. The normalized spacial score (nSPS) is 11.0. The molecule has 0 amide bonds. The number of rotatable bonds is 2. The van der Waals surface area contributed by atoms with E-state index in [1.807, 2.05) is 37.3 Å². The van der Waals surface area contributed by atoms with Gasteiger partial charge in [-0.15, -0.1) is 0 Å². The van der Waals surface area contributed by atoms with Gasteiger partial charge in [0, 0.05) is 11.8 Å². The summed E-state index contributed by atoms with van der Waals surface area (Å²) < 4.78 is 19.2. The molecule has 0 aliphatic carbocycles. The molecule has 0 atom stereocenters. The van der Waals surface area contributed by atoms with Crippen molar-refractivity contribution < 1.29 is 8.81 Å². The summed E-state index contributed by atoms with van der Waals surface area (Å²) in [6, 6.07) is 12.9. The standard InChI is InChI=1S/C16H13FO/c1-11-10-18-16-13(6-4-7-14(11)16)9-12-5-2-3-8-15(12)17/h2-8,10H,9H2,1H3. The molecule has 1 aromatic heterocycles. The third kappa shape index (κ3) is 1.80. The fraction of sp³-hybridized carbons (Fsp3) is 0.125. The van der Waals surface area contributed by atoms with Crippen LogP contribution in [0.3, 0.4) is 0 Å². The molecule has 0 spiro atoms. The van der Waals surface area contributed by atoms with Crippen LogP contribution in [0.4, 0.5) is 4.39 Å². The molecule has 0 saturated heterocycles. The van der Waals surface area contributed by atoms with Crippen molar-refractivity contribution in [3.8, 4) is 0 Å². The Hall–Kier alpha value is -2.09. The maximum atomic E-state index is 13.6. The summed E-state index contributed by atoms with van der Waals surface area (Å²) in [5.41, 5.74) is 3.68. The molecule has 3 aromatic rings. The first-order valence-electron chi connectivity index (χ1n) is 5.95. The number of hydrogen-bond donors (Lipinski definition) is 0. The Morgan fingerprint density at radius 1 is 1.00 bits per heavy atom. The number of furan rings is 1. The summed E-state index contributed by atoms with van der Waals surface area (Å²) >= 11 is 0. The van der Waals surface area contributed by atoms with Gasteiger partial charge < -0.3 is 4.42 Å². The van der Waals surface area contributed by atoms with Crippen LogP contribution in [0.5, 0.6) is 0 Å². The highest BCUT2D eigenvalue weighted by atomic mass is 19.1. The first kappa shape index (κ1) is 11.0. The van der Waals surface area contributed by atoms with E-state index >= 15 is 0 Å². The van der Waals surface area contributed by atoms with E-state index in [0.29, 0.717) is 12.0 Å². The zero-order valence-corrected chi connectivity index (χ0v) is 10.1. The van der Waals surface area contributed by atoms with Crippen LogP contribution in [0.2, 0.25) is 0 Å². The predicted octanol–water partition coefficient (Wildman–Crippen LogP) is 4.47. The largest absolute Gasteiger partial charge is 0.464 e. The highest BCUT2D eigenvalue weighted by molar-refractivity contribution is 5.83. The van der Waals surface area contributed by atoms with Crippen molar-refractivity contribution in [2.75, 3.05) is 0 Å². The van der Waals surface area contributed by atoms with Crippen molar-refractivity contribution in [1.82, 2.24) is 0 Å². The Morgan fingerprint density at radius 2 is 1.78 bits per heavy atom. The monoisotopic (exact) mass is 240 g/mol. The van der Waals surface area contributed by atoms with Gasteiger partial charge in [-0.3, -0.25) is 0 Å². The highest BCUT2D eigenvalue weighted by Gasteiger charge is 2.09. The van der Waals surface area contributed by atoms with Gasteiger partial charge in [-0.05, 0) is 29.7 Å². The lowest BCUT2D eigenvalue weighted by molar-refractivity contribution is 0.603. The molecule has 0 unspecified atom stereocenters. The van der Waals surface area contributed by atoms with Crippen LogP contribution in [0.15, 0.2) is 53.1 Å². The summed E-state index contributed by atoms with van der Waals surface area (Å²) in [6.07, 6.45) is 2.30. The van der Waals surface area contributed by atoms with E-state index in [4.69, 9.17) is 4.42 Å². The van der Waals surface area contributed by atoms with Crippen molar-refractivity contribution in [2.45, 2.75) is 13.3 Å². The lowest BCUT2D eigenvalue weighted by atomic mass is 10.0. The lowest BCUT2D eigenvalue weighted by Crippen LogP contribution is -1.92. The van der Waals surface area contributed by atoms with E-state index in [2.05, 4.69) is 0 Å². The summed E-state index contributed by atoms with van der Waals surface area (Å²) in [5.74, 6) is -0.169. The third-order valence-corrected chi connectivity index (χ3v) is 3.21. The van der Waals surface area contributed by atoms with E-state index in [0.717, 1.165) is 22.1 Å². The molecule has 1 nitrogen and oxygen atoms in total. The number of hydrogen-bond acceptors (Lipinski definition) is 1. The van der Waals surface area contributed by atoms with Crippen LogP contribution in [-0.4, -0.2) is 0 Å². The van der Waals surface area contributed by atoms with Crippen LogP contribution in [0.25, 0.3) is 11.0 Å². The van der Waals surface area contributed by atoms with Crippen molar-refractivity contribution in [3.05, 3.63) is 71.2 Å². The zero-order chi connectivity index (χ0) is 12.5. The fourth-order valence-electron chi connectivity index (χ4n) is 2.23. The molecule has 0 aliphatic heterocycles. The minimum Gasteiger partial charge on any atom is -0.464 e. The van der Waals surface area contributed by atoms with Gasteiger partial charge >= 0.3 is 0 Å². The van der Waals surface area contributed by atoms with Gasteiger partial charge in [-0.1, -0.05) is 36.4 Å². The molecule has 0 saturated carbocycles. The van der Waals surface area contributed by atoms with E-state index in [1.54, 1.807) is 12.3 Å². The Balaban J connectivity index is 2.08. The molecular formula is C16H13FO. The van der Waals surface area contributed by atoms with Crippen LogP contribution < -0.4 is 0 Å². The molecule has 2 aromatic carbocycles. The molecule has 90 valence electrons. The molecule has 2 heteroatoms. The average Bonchev–Trinajstić information content (AvgIpc) is 2.76. The predicted molar refractivity (Wildman–Crippen MR) is 70.2 cm³/mol. The second-order valence-corrected chi connectivity index (χ2v) is 4.48. The number of benzene rings is 2. The van der Waals surface area contributed by atoms with Crippen molar-refractivity contribution >= 4 is 11.0 Å². The summed E-state index contributed by atoms with van der Waals surface area (Å²) in [6.45, 7) is 2.01. The molecule has 1 heterocycles. The first-order valence-corrected chi connectivity index (χ1v) is 5.95. The van der Waals surface area contributed by atoms with E-state index in [1.165, 1.54) is 6.07 Å². The Bertz CT molecular complexity index is 697. The molecule has 0 N–H and O–H groups in total. The SMILES string of the molecule is Cc1coc2c(Cc3ccccc3F)cccc12. The van der Waals surface area contributed by atoms with E-state index < -0.39 is 0 Å². The number of fused-ring (bicyclic) bond motifs is 1. The second kappa shape index (κ2) is 4.30. The molecule has 18 heavy (non-hydrogen) atoms. The molecule has 0 fully saturated rings. The van der Waals surface area contributed by atoms with Gasteiger partial charge in [-0.2, -0.15) is 0 Å². The quantitative estimate of drug-likeness (QED) is 0.644. The molecule has 3 rings (SSSR count). The molecule has 0 bridgehead atoms. The van der Waals surface area contributed by atoms with Crippen LogP contribution in [0, 0.1) is 12.7 Å². The van der Waals surface area contributed by atoms with Gasteiger partial charge in [0.25, 0.3) is 0 Å². The Morgan fingerprint density at radius 3 is 2.61 bits per heavy atom. The minimum atomic E-state index is -0.169. The summed E-state index contributed by atoms with van der Waals surface area (Å²) in [7, 11) is 0. The lowest BCUT2D eigenvalue weighted by Gasteiger charge is -2.04. The van der Waals surface area contributed by atoms with E-state index in [9.17, 15) is 4.39 Å². The van der Waals surface area contributed by atoms with Gasteiger partial charge in [0.05, 0.1) is 6.26 Å². The van der Waals surface area contributed by atoms with Crippen molar-refractivity contribution in [2.24, 2.45) is 0 Å². The topological polar surface area (TPSA) is 13.1 Å². The maximum Gasteiger partial charge on any atom is 0.137 e. The van der Waals surface area contributed by atoms with Gasteiger partial charge in [0.15, 0.2) is 0 Å².